The zero-order valence-electron chi connectivity index (χ0n) is 16.2. The number of rotatable bonds is 5. The Bertz CT molecular complexity index is 1400. The average molecular weight is 527 g/mol. The van der Waals surface area contributed by atoms with Crippen molar-refractivity contribution in [3.05, 3.63) is 73.0 Å². The summed E-state index contributed by atoms with van der Waals surface area (Å²) < 4.78 is 28.2. The molecule has 1 aliphatic rings. The second kappa shape index (κ2) is 8.93. The number of carbonyl (C=O) groups excluding carboxylic acids is 1. The molecule has 0 atom stereocenters. The smallest absolute Gasteiger partial charge is 0.263 e. The van der Waals surface area contributed by atoms with Gasteiger partial charge >= 0.3 is 0 Å². The maximum atomic E-state index is 12.9. The van der Waals surface area contributed by atoms with Crippen LogP contribution in [0.2, 0.25) is 15.1 Å². The summed E-state index contributed by atoms with van der Waals surface area (Å²) in [5.74, 6) is -0.546. The van der Waals surface area contributed by atoms with E-state index in [-0.39, 0.29) is 26.2 Å². The number of hydrogen-bond acceptors (Lipinski definition) is 5. The van der Waals surface area contributed by atoms with E-state index in [1.54, 1.807) is 0 Å². The number of aryl methyl sites for hydroxylation is 1. The van der Waals surface area contributed by atoms with Gasteiger partial charge in [-0.1, -0.05) is 34.8 Å². The number of sulfonamides is 1. The van der Waals surface area contributed by atoms with Gasteiger partial charge in [0.15, 0.2) is 0 Å². The Hall–Kier alpha value is -2.28. The van der Waals surface area contributed by atoms with Crippen LogP contribution in [-0.2, 0) is 22.9 Å². The third-order valence-corrected chi connectivity index (χ3v) is 8.53. The highest BCUT2D eigenvalue weighted by Crippen LogP contribution is 2.39. The first-order valence-corrected chi connectivity index (χ1v) is 12.8. The Kier molecular flexibility index (Phi) is 6.39. The van der Waals surface area contributed by atoms with Gasteiger partial charge in [-0.05, 0) is 61.2 Å². The third kappa shape index (κ3) is 4.45. The molecule has 6 nitrogen and oxygen atoms in total. The number of anilines is 2. The molecule has 0 aliphatic heterocycles. The molecule has 2 N–H and O–H groups in total. The van der Waals surface area contributed by atoms with Crippen LogP contribution < -0.4 is 10.0 Å². The Morgan fingerprint density at radius 2 is 1.81 bits per heavy atom. The molecule has 0 bridgehead atoms. The lowest BCUT2D eigenvalue weighted by Gasteiger charge is -2.12. The van der Waals surface area contributed by atoms with Crippen LogP contribution in [0.5, 0.6) is 0 Å². The fourth-order valence-electron chi connectivity index (χ4n) is 3.41. The number of nitrogens with one attached hydrogen (secondary N) is 2. The van der Waals surface area contributed by atoms with Crippen LogP contribution in [0.4, 0.5) is 10.7 Å². The van der Waals surface area contributed by atoms with Crippen molar-refractivity contribution < 1.29 is 13.2 Å². The fraction of sp³-hybridized carbons (Fsp3) is 0.143. The Morgan fingerprint density at radius 1 is 1.06 bits per heavy atom. The summed E-state index contributed by atoms with van der Waals surface area (Å²) in [5.41, 5.74) is 1.60. The zero-order valence-corrected chi connectivity index (χ0v) is 20.1. The molecule has 4 rings (SSSR count). The summed E-state index contributed by atoms with van der Waals surface area (Å²) in [4.78, 5) is 13.6. The number of carbonyl (C=O) groups is 1. The number of thiophene rings is 1. The van der Waals surface area contributed by atoms with Gasteiger partial charge in [-0.25, -0.2) is 8.42 Å². The summed E-state index contributed by atoms with van der Waals surface area (Å²) in [6.07, 6.45) is 2.68. The second-order valence-corrected chi connectivity index (χ2v) is 11.0. The maximum absolute atomic E-state index is 12.9. The van der Waals surface area contributed by atoms with Crippen molar-refractivity contribution in [2.24, 2.45) is 0 Å². The van der Waals surface area contributed by atoms with Crippen molar-refractivity contribution in [1.82, 2.24) is 0 Å². The van der Waals surface area contributed by atoms with Gasteiger partial charge in [0.1, 0.15) is 16.0 Å². The number of halogens is 3. The number of benzene rings is 2. The fourth-order valence-corrected chi connectivity index (χ4v) is 6.64. The first-order valence-electron chi connectivity index (χ1n) is 9.33. The minimum absolute atomic E-state index is 0.0694. The van der Waals surface area contributed by atoms with Gasteiger partial charge in [0.2, 0.25) is 0 Å². The van der Waals surface area contributed by atoms with Crippen LogP contribution in [0, 0.1) is 11.3 Å². The van der Waals surface area contributed by atoms with Crippen LogP contribution in [0.25, 0.3) is 0 Å². The van der Waals surface area contributed by atoms with Crippen LogP contribution in [0.1, 0.15) is 32.8 Å². The van der Waals surface area contributed by atoms with E-state index in [2.05, 4.69) is 16.1 Å². The molecule has 0 saturated heterocycles. The molecule has 1 amide bonds. The van der Waals surface area contributed by atoms with Gasteiger partial charge in [0.05, 0.1) is 21.3 Å². The van der Waals surface area contributed by atoms with Gasteiger partial charge in [-0.15, -0.1) is 11.3 Å². The quantitative estimate of drug-likeness (QED) is 0.418. The molecule has 2 aromatic carbocycles. The van der Waals surface area contributed by atoms with Crippen LogP contribution >= 0.6 is 46.1 Å². The molecule has 0 spiro atoms. The van der Waals surface area contributed by atoms with Crippen LogP contribution in [-0.4, -0.2) is 14.3 Å². The van der Waals surface area contributed by atoms with E-state index in [0.29, 0.717) is 15.6 Å². The molecular weight excluding hydrogens is 513 g/mol. The number of nitrogens with zero attached hydrogens (tertiary/aromatic N) is 1. The van der Waals surface area contributed by atoms with Gasteiger partial charge in [0.25, 0.3) is 15.9 Å². The van der Waals surface area contributed by atoms with Crippen molar-refractivity contribution in [3.63, 3.8) is 0 Å². The van der Waals surface area contributed by atoms with Crippen molar-refractivity contribution >= 4 is 72.8 Å². The largest absolute Gasteiger partial charge is 0.312 e. The predicted molar refractivity (Wildman–Crippen MR) is 128 cm³/mol. The highest BCUT2D eigenvalue weighted by Gasteiger charge is 2.25. The molecule has 0 radical (unpaired) electrons. The minimum Gasteiger partial charge on any atom is -0.312 e. The van der Waals surface area contributed by atoms with Gasteiger partial charge in [-0.3, -0.25) is 9.52 Å². The Labute approximate surface area is 203 Å². The summed E-state index contributed by atoms with van der Waals surface area (Å²) in [7, 11) is -4.18. The Balaban J connectivity index is 1.63. The Morgan fingerprint density at radius 3 is 2.56 bits per heavy atom. The van der Waals surface area contributed by atoms with E-state index >= 15 is 0 Å². The van der Waals surface area contributed by atoms with Gasteiger partial charge < -0.3 is 5.32 Å². The second-order valence-electron chi connectivity index (χ2n) is 7.00. The molecule has 32 heavy (non-hydrogen) atoms. The van der Waals surface area contributed by atoms with E-state index in [0.717, 1.165) is 29.7 Å². The summed E-state index contributed by atoms with van der Waals surface area (Å²) in [6, 6.07) is 10.4. The minimum atomic E-state index is -4.18. The first-order chi connectivity index (χ1) is 15.2. The molecule has 1 aromatic heterocycles. The molecule has 0 unspecified atom stereocenters. The molecular formula is C21H14Cl3N3O3S2. The zero-order chi connectivity index (χ0) is 23.0. The molecule has 0 saturated carbocycles. The number of amides is 1. The van der Waals surface area contributed by atoms with Crippen molar-refractivity contribution in [1.29, 1.82) is 5.26 Å². The molecule has 1 heterocycles. The monoisotopic (exact) mass is 525 g/mol. The molecule has 0 fully saturated rings. The SMILES string of the molecule is N#Cc1c(NC(=O)c2ccc(Cl)c(S(=O)(=O)Nc3cc(Cl)ccc3Cl)c2)sc2c1CCC2. The molecule has 164 valence electrons. The third-order valence-electron chi connectivity index (χ3n) is 4.92. The standard InChI is InChI=1S/C21H14Cl3N3O3S2/c22-12-5-7-15(23)17(9-12)27-32(29,30)19-8-11(4-6-16(19)24)20(28)26-21-14(10-25)13-2-1-3-18(13)31-21/h4-9,27H,1-3H2,(H,26,28). The molecule has 1 aliphatic carbocycles. The maximum Gasteiger partial charge on any atom is 0.263 e. The molecule has 11 heteroatoms. The number of fused-ring (bicyclic) bond motifs is 1. The lowest BCUT2D eigenvalue weighted by atomic mass is 10.1. The number of nitriles is 1. The van der Waals surface area contributed by atoms with E-state index in [1.807, 2.05) is 0 Å². The van der Waals surface area contributed by atoms with E-state index in [1.165, 1.54) is 47.7 Å². The van der Waals surface area contributed by atoms with Crippen molar-refractivity contribution in [3.8, 4) is 6.07 Å². The topological polar surface area (TPSA) is 99.1 Å². The van der Waals surface area contributed by atoms with Crippen LogP contribution in [0.3, 0.4) is 0 Å². The summed E-state index contributed by atoms with van der Waals surface area (Å²) in [5, 5.41) is 13.1. The lowest BCUT2D eigenvalue weighted by molar-refractivity contribution is 0.102. The summed E-state index contributed by atoms with van der Waals surface area (Å²) >= 11 is 19.5. The van der Waals surface area contributed by atoms with E-state index < -0.39 is 15.9 Å². The van der Waals surface area contributed by atoms with Gasteiger partial charge in [0, 0.05) is 15.5 Å². The highest BCUT2D eigenvalue weighted by molar-refractivity contribution is 7.92. The predicted octanol–water partition coefficient (Wildman–Crippen LogP) is 6.12. The highest BCUT2D eigenvalue weighted by atomic mass is 35.5. The number of hydrogen-bond donors (Lipinski definition) is 2. The van der Waals surface area contributed by atoms with Gasteiger partial charge in [-0.2, -0.15) is 5.26 Å². The van der Waals surface area contributed by atoms with Crippen LogP contribution in [0.15, 0.2) is 41.3 Å². The average Bonchev–Trinajstić information content (AvgIpc) is 3.31. The summed E-state index contributed by atoms with van der Waals surface area (Å²) in [6.45, 7) is 0. The molecule has 3 aromatic rings. The van der Waals surface area contributed by atoms with E-state index in [9.17, 15) is 18.5 Å². The normalized spacial score (nSPS) is 12.8. The lowest BCUT2D eigenvalue weighted by Crippen LogP contribution is -2.16. The van der Waals surface area contributed by atoms with Crippen molar-refractivity contribution in [2.75, 3.05) is 10.0 Å². The van der Waals surface area contributed by atoms with E-state index in [4.69, 9.17) is 34.8 Å². The first kappa shape index (κ1) is 22.9. The van der Waals surface area contributed by atoms with Crippen molar-refractivity contribution in [2.45, 2.75) is 24.2 Å².